The van der Waals surface area contributed by atoms with Crippen LogP contribution in [0.25, 0.3) is 0 Å². The number of ether oxygens (including phenoxy) is 3. The molecule has 0 aliphatic heterocycles. The van der Waals surface area contributed by atoms with Crippen molar-refractivity contribution < 1.29 is 50.7 Å². The number of carbonyl (C=O) groups is 2. The number of hydrogen-bond acceptors (Lipinski definition) is 9. The van der Waals surface area contributed by atoms with E-state index in [-0.39, 0.29) is 22.8 Å². The molecule has 0 radical (unpaired) electrons. The number of nitrogens with zero attached hydrogens (tertiary/aromatic N) is 3. The van der Waals surface area contributed by atoms with E-state index in [0.717, 1.165) is 24.1 Å². The van der Waals surface area contributed by atoms with Crippen LogP contribution in [-0.2, 0) is 15.7 Å². The van der Waals surface area contributed by atoms with Gasteiger partial charge in [-0.15, -0.1) is 0 Å². The third-order valence-electron chi connectivity index (χ3n) is 5.65. The van der Waals surface area contributed by atoms with E-state index in [1.807, 2.05) is 0 Å². The van der Waals surface area contributed by atoms with Crippen LogP contribution in [0.3, 0.4) is 0 Å². The molecule has 2 aromatic carbocycles. The van der Waals surface area contributed by atoms with Crippen molar-refractivity contribution in [3.63, 3.8) is 0 Å². The van der Waals surface area contributed by atoms with E-state index < -0.39 is 69.6 Å². The van der Waals surface area contributed by atoms with Crippen molar-refractivity contribution in [2.24, 2.45) is 0 Å². The summed E-state index contributed by atoms with van der Waals surface area (Å²) in [6.07, 6.45) is -5.89. The number of nitrogens with one attached hydrogen (secondary N) is 1. The molecule has 0 bridgehead atoms. The van der Waals surface area contributed by atoms with Gasteiger partial charge >= 0.3 is 23.9 Å². The Balaban J connectivity index is 2.10. The second-order valence-corrected chi connectivity index (χ2v) is 10.0. The quantitative estimate of drug-likeness (QED) is 0.0999. The fourth-order valence-corrected chi connectivity index (χ4v) is 3.64. The molecule has 1 aromatic heterocycles. The number of benzene rings is 2. The number of nitro groups is 1. The summed E-state index contributed by atoms with van der Waals surface area (Å²) in [5.74, 6) is 0.595. The Morgan fingerprint density at radius 3 is 2.27 bits per heavy atom. The molecular weight excluding hydrogens is 611 g/mol. The van der Waals surface area contributed by atoms with E-state index in [1.54, 1.807) is 20.8 Å². The van der Waals surface area contributed by atoms with Gasteiger partial charge in [0.25, 0.3) is 0 Å². The number of rotatable bonds is 7. The first kappa shape index (κ1) is 34.0. The maximum Gasteiger partial charge on any atom is 0.417 e. The zero-order valence-electron chi connectivity index (χ0n) is 24.3. The first-order chi connectivity index (χ1) is 20.9. The van der Waals surface area contributed by atoms with Crippen molar-refractivity contribution in [1.29, 1.82) is 0 Å². The maximum absolute atomic E-state index is 14.3. The molecule has 1 N–H and O–H groups in total. The smallest absolute Gasteiger partial charge is 0.417 e. The number of pyridine rings is 1. The second-order valence-electron chi connectivity index (χ2n) is 10.0. The third-order valence-corrected chi connectivity index (χ3v) is 5.65. The summed E-state index contributed by atoms with van der Waals surface area (Å²) < 4.78 is 83.3. The molecule has 0 unspecified atom stereocenters. The van der Waals surface area contributed by atoms with E-state index >= 15 is 0 Å². The highest BCUT2D eigenvalue weighted by Gasteiger charge is 2.33. The normalized spacial score (nSPS) is 11.2. The molecule has 0 atom stereocenters. The zero-order chi connectivity index (χ0) is 33.7. The lowest BCUT2D eigenvalue weighted by atomic mass is 10.1. The maximum atomic E-state index is 14.3. The Morgan fingerprint density at radius 2 is 1.69 bits per heavy atom. The molecule has 45 heavy (non-hydrogen) atoms. The number of methoxy groups -OCH3 is 2. The first-order valence-electron chi connectivity index (χ1n) is 12.7. The SMILES string of the molecule is COC(=O)c1cc(C(F)(F)F)ccc1Nc1cc(F)c(F)cc1C#CCN(C(=O)OC(C)(C)C)c1nc(OC)ccc1[N+](=O)[O-]. The topological polar surface area (TPSA) is 133 Å². The number of carbonyl (C=O) groups excluding carboxylic acids is 2. The number of aromatic nitrogens is 1. The van der Waals surface area contributed by atoms with Gasteiger partial charge in [0.1, 0.15) is 5.60 Å². The lowest BCUT2D eigenvalue weighted by Crippen LogP contribution is -2.38. The summed E-state index contributed by atoms with van der Waals surface area (Å²) >= 11 is 0. The average Bonchev–Trinajstić information content (AvgIpc) is 2.95. The highest BCUT2D eigenvalue weighted by atomic mass is 19.4. The fourth-order valence-electron chi connectivity index (χ4n) is 3.64. The number of halogens is 5. The van der Waals surface area contributed by atoms with E-state index in [9.17, 15) is 41.7 Å². The zero-order valence-corrected chi connectivity index (χ0v) is 24.3. The van der Waals surface area contributed by atoms with Crippen LogP contribution in [0.4, 0.5) is 49.6 Å². The Hall–Kier alpha value is -5.46. The first-order valence-corrected chi connectivity index (χ1v) is 12.7. The highest BCUT2D eigenvalue weighted by molar-refractivity contribution is 5.97. The van der Waals surface area contributed by atoms with Gasteiger partial charge in [-0.1, -0.05) is 11.8 Å². The fraction of sp³-hybridized carbons (Fsp3) is 0.276. The number of alkyl halides is 3. The minimum atomic E-state index is -4.80. The van der Waals surface area contributed by atoms with Gasteiger partial charge in [0.15, 0.2) is 11.6 Å². The molecule has 1 amide bonds. The summed E-state index contributed by atoms with van der Waals surface area (Å²) in [4.78, 5) is 41.0. The lowest BCUT2D eigenvalue weighted by Gasteiger charge is -2.25. The van der Waals surface area contributed by atoms with Crippen molar-refractivity contribution in [2.45, 2.75) is 32.5 Å². The van der Waals surface area contributed by atoms with Gasteiger partial charge in [0, 0.05) is 18.2 Å². The molecular formula is C29H25F5N4O7. The Labute approximate surface area is 253 Å². The largest absolute Gasteiger partial charge is 0.481 e. The lowest BCUT2D eigenvalue weighted by molar-refractivity contribution is -0.384. The number of esters is 1. The van der Waals surface area contributed by atoms with Crippen molar-refractivity contribution in [3.8, 4) is 17.7 Å². The molecule has 0 spiro atoms. The minimum Gasteiger partial charge on any atom is -0.481 e. The molecule has 11 nitrogen and oxygen atoms in total. The van der Waals surface area contributed by atoms with Gasteiger partial charge in [-0.3, -0.25) is 10.1 Å². The molecule has 0 aliphatic carbocycles. The molecule has 0 saturated carbocycles. The van der Waals surface area contributed by atoms with Gasteiger partial charge in [-0.05, 0) is 45.0 Å². The molecule has 0 saturated heterocycles. The van der Waals surface area contributed by atoms with E-state index in [4.69, 9.17) is 9.47 Å². The third kappa shape index (κ3) is 8.56. The minimum absolute atomic E-state index is 0.0813. The molecule has 238 valence electrons. The van der Waals surface area contributed by atoms with Gasteiger partial charge in [-0.2, -0.15) is 18.2 Å². The van der Waals surface area contributed by atoms with E-state index in [0.29, 0.717) is 24.3 Å². The van der Waals surface area contributed by atoms with Crippen LogP contribution in [0.2, 0.25) is 0 Å². The predicted molar refractivity (Wildman–Crippen MR) is 150 cm³/mol. The summed E-state index contributed by atoms with van der Waals surface area (Å²) in [7, 11) is 2.19. The molecule has 0 aliphatic rings. The van der Waals surface area contributed by atoms with Gasteiger partial charge < -0.3 is 19.5 Å². The van der Waals surface area contributed by atoms with Gasteiger partial charge in [0.05, 0.1) is 53.8 Å². The van der Waals surface area contributed by atoms with Gasteiger partial charge in [-0.25, -0.2) is 23.3 Å². The molecule has 0 fully saturated rings. The van der Waals surface area contributed by atoms with E-state index in [1.165, 1.54) is 13.2 Å². The second kappa shape index (κ2) is 13.5. The number of anilines is 3. The highest BCUT2D eigenvalue weighted by Crippen LogP contribution is 2.34. The van der Waals surface area contributed by atoms with Crippen LogP contribution < -0.4 is 15.0 Å². The van der Waals surface area contributed by atoms with Crippen molar-refractivity contribution in [1.82, 2.24) is 4.98 Å². The van der Waals surface area contributed by atoms with Crippen LogP contribution in [-0.4, -0.2) is 48.3 Å². The summed E-state index contributed by atoms with van der Waals surface area (Å²) in [6.45, 7) is 4.02. The Morgan fingerprint density at radius 1 is 1.02 bits per heavy atom. The van der Waals surface area contributed by atoms with Crippen molar-refractivity contribution in [3.05, 3.63) is 80.9 Å². The van der Waals surface area contributed by atoms with Gasteiger partial charge in [0.2, 0.25) is 11.7 Å². The molecule has 3 rings (SSSR count). The average molecular weight is 637 g/mol. The van der Waals surface area contributed by atoms with Crippen molar-refractivity contribution >= 4 is 34.9 Å². The Bertz CT molecular complexity index is 1700. The molecule has 16 heteroatoms. The summed E-state index contributed by atoms with van der Waals surface area (Å²) in [5, 5.41) is 14.3. The Kier molecular flexibility index (Phi) is 10.2. The molecule has 3 aromatic rings. The van der Waals surface area contributed by atoms with Crippen LogP contribution in [0.15, 0.2) is 42.5 Å². The van der Waals surface area contributed by atoms with E-state index in [2.05, 4.69) is 26.9 Å². The summed E-state index contributed by atoms with van der Waals surface area (Å²) in [5.41, 5.74) is -4.17. The monoisotopic (exact) mass is 636 g/mol. The van der Waals surface area contributed by atoms with Crippen LogP contribution >= 0.6 is 0 Å². The van der Waals surface area contributed by atoms with Crippen LogP contribution in [0.1, 0.15) is 42.3 Å². The van der Waals surface area contributed by atoms with Crippen LogP contribution in [0.5, 0.6) is 5.88 Å². The van der Waals surface area contributed by atoms with Crippen molar-refractivity contribution in [2.75, 3.05) is 31.0 Å². The standard InChI is InChI=1S/C29H25F5N4O7/c1-28(2,3)45-27(40)37(25-23(38(41)42)10-11-24(36-25)43-4)12-6-7-16-13-19(30)20(31)15-22(16)35-21-9-8-17(29(32,33)34)14-18(21)26(39)44-5/h8-11,13-15,35H,12H2,1-5H3. The predicted octanol–water partition coefficient (Wildman–Crippen LogP) is 6.62. The summed E-state index contributed by atoms with van der Waals surface area (Å²) in [6, 6.07) is 5.63. The molecule has 1 heterocycles. The number of amides is 1. The number of hydrogen-bond donors (Lipinski definition) is 1. The van der Waals surface area contributed by atoms with Crippen LogP contribution in [0, 0.1) is 33.6 Å².